The molecule has 0 bridgehead atoms. The Morgan fingerprint density at radius 1 is 1.07 bits per heavy atom. The maximum atomic E-state index is 13.1. The molecular formula is C21H24N2O3S. The molecular weight excluding hydrogens is 360 g/mol. The van der Waals surface area contributed by atoms with E-state index in [1.54, 1.807) is 25.6 Å². The lowest BCUT2D eigenvalue weighted by molar-refractivity contribution is -0.131. The quantitative estimate of drug-likeness (QED) is 0.592. The van der Waals surface area contributed by atoms with Crippen LogP contribution in [0.25, 0.3) is 0 Å². The van der Waals surface area contributed by atoms with Crippen LogP contribution in [0.5, 0.6) is 11.5 Å². The monoisotopic (exact) mass is 384 g/mol. The van der Waals surface area contributed by atoms with E-state index in [2.05, 4.69) is 6.07 Å². The number of rotatable bonds is 8. The number of ether oxygens (including phenoxy) is 2. The van der Waals surface area contributed by atoms with Gasteiger partial charge in [-0.25, -0.2) is 0 Å². The van der Waals surface area contributed by atoms with E-state index < -0.39 is 0 Å². The van der Waals surface area contributed by atoms with Crippen molar-refractivity contribution in [3.05, 3.63) is 70.2 Å². The summed E-state index contributed by atoms with van der Waals surface area (Å²) >= 11 is 1.67. The Hall–Kier alpha value is -2.73. The summed E-state index contributed by atoms with van der Waals surface area (Å²) < 4.78 is 12.7. The van der Waals surface area contributed by atoms with E-state index in [4.69, 9.17) is 9.47 Å². The van der Waals surface area contributed by atoms with E-state index in [0.29, 0.717) is 31.0 Å². The Balaban J connectivity index is 1.78. The maximum Gasteiger partial charge on any atom is 0.227 e. The van der Waals surface area contributed by atoms with Gasteiger partial charge in [0.15, 0.2) is 11.5 Å². The van der Waals surface area contributed by atoms with Gasteiger partial charge in [0.05, 0.1) is 33.7 Å². The topological polar surface area (TPSA) is 43.7 Å². The largest absolute Gasteiger partial charge is 0.493 e. The van der Waals surface area contributed by atoms with E-state index in [1.165, 1.54) is 4.88 Å². The molecule has 0 aliphatic rings. The van der Waals surface area contributed by atoms with E-state index in [0.717, 1.165) is 11.3 Å². The Morgan fingerprint density at radius 2 is 1.89 bits per heavy atom. The van der Waals surface area contributed by atoms with E-state index >= 15 is 0 Å². The summed E-state index contributed by atoms with van der Waals surface area (Å²) in [4.78, 5) is 16.2. The molecule has 6 heteroatoms. The van der Waals surface area contributed by atoms with Gasteiger partial charge in [-0.05, 0) is 41.3 Å². The van der Waals surface area contributed by atoms with Gasteiger partial charge in [0, 0.05) is 23.8 Å². The zero-order valence-corrected chi connectivity index (χ0v) is 16.7. The molecule has 0 saturated heterocycles. The van der Waals surface area contributed by atoms with Gasteiger partial charge in [-0.3, -0.25) is 4.79 Å². The fourth-order valence-electron chi connectivity index (χ4n) is 2.96. The van der Waals surface area contributed by atoms with Crippen molar-refractivity contribution < 1.29 is 14.3 Å². The molecule has 0 saturated carbocycles. The van der Waals surface area contributed by atoms with Crippen LogP contribution in [0, 0.1) is 0 Å². The van der Waals surface area contributed by atoms with Gasteiger partial charge in [0.2, 0.25) is 5.91 Å². The van der Waals surface area contributed by atoms with Crippen LogP contribution in [0.3, 0.4) is 0 Å². The van der Waals surface area contributed by atoms with Crippen LogP contribution in [-0.2, 0) is 31.4 Å². The number of hydrogen-bond acceptors (Lipinski definition) is 4. The normalized spacial score (nSPS) is 10.6. The van der Waals surface area contributed by atoms with Gasteiger partial charge < -0.3 is 18.9 Å². The highest BCUT2D eigenvalue weighted by Gasteiger charge is 2.18. The number of benzene rings is 1. The molecule has 5 nitrogen and oxygen atoms in total. The van der Waals surface area contributed by atoms with Crippen LogP contribution in [0.1, 0.15) is 16.1 Å². The zero-order valence-electron chi connectivity index (χ0n) is 15.8. The van der Waals surface area contributed by atoms with Crippen LogP contribution in [0.15, 0.2) is 54.0 Å². The van der Waals surface area contributed by atoms with Crippen molar-refractivity contribution in [1.29, 1.82) is 0 Å². The van der Waals surface area contributed by atoms with Crippen LogP contribution < -0.4 is 9.47 Å². The van der Waals surface area contributed by atoms with E-state index in [9.17, 15) is 4.79 Å². The minimum absolute atomic E-state index is 0.0804. The SMILES string of the molecule is COc1ccc(CC(=O)N(Cc2cccs2)Cc2cccn2C)cc1OC. The number of amides is 1. The second kappa shape index (κ2) is 8.77. The number of aryl methyl sites for hydroxylation is 1. The minimum atomic E-state index is 0.0804. The first kappa shape index (κ1) is 19.0. The summed E-state index contributed by atoms with van der Waals surface area (Å²) in [7, 11) is 5.20. The second-order valence-electron chi connectivity index (χ2n) is 6.31. The van der Waals surface area contributed by atoms with Gasteiger partial charge in [0.25, 0.3) is 0 Å². The van der Waals surface area contributed by atoms with Crippen molar-refractivity contribution in [2.45, 2.75) is 19.5 Å². The average Bonchev–Trinajstić information content (AvgIpc) is 3.33. The molecule has 0 atom stereocenters. The Bertz CT molecular complexity index is 887. The van der Waals surface area contributed by atoms with Gasteiger partial charge in [0.1, 0.15) is 0 Å². The fraction of sp³-hybridized carbons (Fsp3) is 0.286. The maximum absolute atomic E-state index is 13.1. The average molecular weight is 385 g/mol. The standard InChI is InChI=1S/C21H24N2O3S/c1-22-10-4-6-17(22)14-23(15-18-7-5-11-27-18)21(24)13-16-8-9-19(25-2)20(12-16)26-3/h4-12H,13-15H2,1-3H3. The van der Waals surface area contributed by atoms with Crippen LogP contribution in [-0.4, -0.2) is 29.6 Å². The number of methoxy groups -OCH3 is 2. The number of carbonyl (C=O) groups is 1. The molecule has 27 heavy (non-hydrogen) atoms. The highest BCUT2D eigenvalue weighted by Crippen LogP contribution is 2.28. The van der Waals surface area contributed by atoms with Crippen LogP contribution in [0.4, 0.5) is 0 Å². The predicted octanol–water partition coefficient (Wildman–Crippen LogP) is 3.88. The lowest BCUT2D eigenvalue weighted by Crippen LogP contribution is -2.31. The highest BCUT2D eigenvalue weighted by atomic mass is 32.1. The Kier molecular flexibility index (Phi) is 6.19. The third-order valence-electron chi connectivity index (χ3n) is 4.49. The summed E-state index contributed by atoms with van der Waals surface area (Å²) in [5.41, 5.74) is 2.01. The van der Waals surface area contributed by atoms with Crippen molar-refractivity contribution in [2.24, 2.45) is 7.05 Å². The number of hydrogen-bond donors (Lipinski definition) is 0. The molecule has 0 spiro atoms. The Morgan fingerprint density at radius 3 is 2.52 bits per heavy atom. The van der Waals surface area contributed by atoms with Gasteiger partial charge in [-0.15, -0.1) is 11.3 Å². The molecule has 2 heterocycles. The molecule has 0 aliphatic heterocycles. The summed E-state index contributed by atoms with van der Waals surface area (Å²) in [6.07, 6.45) is 2.31. The first-order valence-electron chi connectivity index (χ1n) is 8.72. The molecule has 0 N–H and O–H groups in total. The van der Waals surface area contributed by atoms with Crippen molar-refractivity contribution in [3.8, 4) is 11.5 Å². The van der Waals surface area contributed by atoms with Crippen LogP contribution in [0.2, 0.25) is 0 Å². The first-order chi connectivity index (χ1) is 13.1. The molecule has 0 fully saturated rings. The number of nitrogens with zero attached hydrogens (tertiary/aromatic N) is 2. The van der Waals surface area contributed by atoms with Crippen molar-refractivity contribution in [2.75, 3.05) is 14.2 Å². The molecule has 3 rings (SSSR count). The summed E-state index contributed by atoms with van der Waals surface area (Å²) in [6, 6.07) is 13.7. The number of thiophene rings is 1. The predicted molar refractivity (Wildman–Crippen MR) is 107 cm³/mol. The molecule has 3 aromatic rings. The summed E-state index contributed by atoms with van der Waals surface area (Å²) in [6.45, 7) is 1.18. The lowest BCUT2D eigenvalue weighted by atomic mass is 10.1. The van der Waals surface area contributed by atoms with Crippen LogP contribution >= 0.6 is 11.3 Å². The van der Waals surface area contributed by atoms with Gasteiger partial charge in [-0.2, -0.15) is 0 Å². The van der Waals surface area contributed by atoms with E-state index in [1.807, 2.05) is 64.5 Å². The molecule has 1 amide bonds. The molecule has 0 radical (unpaired) electrons. The Labute approximate surface area is 163 Å². The van der Waals surface area contributed by atoms with Crippen molar-refractivity contribution in [1.82, 2.24) is 9.47 Å². The molecule has 142 valence electrons. The summed E-state index contributed by atoms with van der Waals surface area (Å²) in [5, 5.41) is 2.04. The zero-order chi connectivity index (χ0) is 19.2. The van der Waals surface area contributed by atoms with Gasteiger partial charge >= 0.3 is 0 Å². The number of aromatic nitrogens is 1. The second-order valence-corrected chi connectivity index (χ2v) is 7.34. The molecule has 2 aromatic heterocycles. The molecule has 0 unspecified atom stereocenters. The molecule has 0 aliphatic carbocycles. The first-order valence-corrected chi connectivity index (χ1v) is 9.60. The summed E-state index contributed by atoms with van der Waals surface area (Å²) in [5.74, 6) is 1.37. The van der Waals surface area contributed by atoms with E-state index in [-0.39, 0.29) is 5.91 Å². The lowest BCUT2D eigenvalue weighted by Gasteiger charge is -2.23. The fourth-order valence-corrected chi connectivity index (χ4v) is 3.68. The van der Waals surface area contributed by atoms with Crippen molar-refractivity contribution in [3.63, 3.8) is 0 Å². The minimum Gasteiger partial charge on any atom is -0.493 e. The third kappa shape index (κ3) is 4.71. The molecule has 1 aromatic carbocycles. The third-order valence-corrected chi connectivity index (χ3v) is 5.35. The smallest absolute Gasteiger partial charge is 0.227 e. The van der Waals surface area contributed by atoms with Crippen molar-refractivity contribution >= 4 is 17.2 Å². The highest BCUT2D eigenvalue weighted by molar-refractivity contribution is 7.09. The number of carbonyl (C=O) groups excluding carboxylic acids is 1. The van der Waals surface area contributed by atoms with Gasteiger partial charge in [-0.1, -0.05) is 12.1 Å².